The molecule has 0 spiro atoms. The van der Waals surface area contributed by atoms with Crippen LogP contribution in [0.25, 0.3) is 0 Å². The third-order valence-corrected chi connectivity index (χ3v) is 3.10. The maximum Gasteiger partial charge on any atom is 0.321 e. The summed E-state index contributed by atoms with van der Waals surface area (Å²) in [6.07, 6.45) is 0.874. The summed E-state index contributed by atoms with van der Waals surface area (Å²) in [6.45, 7) is 3.06. The molecule has 3 N–H and O–H groups in total. The number of carbonyl (C=O) groups excluding carboxylic acids is 2. The van der Waals surface area contributed by atoms with Crippen LogP contribution in [0, 0.1) is 0 Å². The molecule has 7 nitrogen and oxygen atoms in total. The molecule has 1 aromatic carbocycles. The molecular weight excluding hydrogens is 334 g/mol. The van der Waals surface area contributed by atoms with Crippen LogP contribution >= 0.6 is 12.4 Å². The molecule has 3 amide bonds. The number of imide groups is 1. The predicted molar refractivity (Wildman–Crippen MR) is 93.1 cm³/mol. The van der Waals surface area contributed by atoms with Crippen molar-refractivity contribution in [3.8, 4) is 0 Å². The van der Waals surface area contributed by atoms with Crippen LogP contribution in [-0.4, -0.2) is 47.5 Å². The number of urea groups is 1. The van der Waals surface area contributed by atoms with E-state index in [0.717, 1.165) is 12.0 Å². The van der Waals surface area contributed by atoms with Crippen LogP contribution in [0.2, 0.25) is 0 Å². The largest absolute Gasteiger partial charge is 0.480 e. The zero-order valence-corrected chi connectivity index (χ0v) is 14.5. The van der Waals surface area contributed by atoms with Gasteiger partial charge in [-0.05, 0) is 18.5 Å². The Morgan fingerprint density at radius 3 is 2.38 bits per heavy atom. The van der Waals surface area contributed by atoms with Gasteiger partial charge in [-0.15, -0.1) is 12.4 Å². The number of aliphatic carboxylic acids is 1. The summed E-state index contributed by atoms with van der Waals surface area (Å²) in [5.41, 5.74) is 0.936. The first-order chi connectivity index (χ1) is 11.0. The Kier molecular flexibility index (Phi) is 11.2. The fraction of sp³-hybridized carbons (Fsp3) is 0.438. The Morgan fingerprint density at radius 2 is 1.79 bits per heavy atom. The van der Waals surface area contributed by atoms with Gasteiger partial charge in [-0.2, -0.15) is 0 Å². The average molecular weight is 358 g/mol. The minimum atomic E-state index is -0.931. The van der Waals surface area contributed by atoms with Crippen molar-refractivity contribution in [3.63, 3.8) is 0 Å². The molecule has 0 saturated heterocycles. The van der Waals surface area contributed by atoms with E-state index in [9.17, 15) is 14.4 Å². The second kappa shape index (κ2) is 12.3. The minimum Gasteiger partial charge on any atom is -0.480 e. The van der Waals surface area contributed by atoms with E-state index < -0.39 is 17.9 Å². The molecule has 1 rings (SSSR count). The fourth-order valence-corrected chi connectivity index (χ4v) is 2.05. The smallest absolute Gasteiger partial charge is 0.321 e. The fourth-order valence-electron chi connectivity index (χ4n) is 2.05. The number of hydrogen-bond acceptors (Lipinski definition) is 4. The molecule has 0 aromatic heterocycles. The lowest BCUT2D eigenvalue weighted by Gasteiger charge is -2.18. The molecule has 0 aliphatic heterocycles. The molecule has 0 aliphatic carbocycles. The van der Waals surface area contributed by atoms with Gasteiger partial charge < -0.3 is 10.4 Å². The molecule has 0 bridgehead atoms. The van der Waals surface area contributed by atoms with E-state index in [2.05, 4.69) is 10.6 Å². The lowest BCUT2D eigenvalue weighted by Crippen LogP contribution is -2.41. The Labute approximate surface area is 147 Å². The number of rotatable bonds is 9. The van der Waals surface area contributed by atoms with Crippen LogP contribution in [0.3, 0.4) is 0 Å². The van der Waals surface area contributed by atoms with E-state index in [1.165, 1.54) is 0 Å². The summed E-state index contributed by atoms with van der Waals surface area (Å²) in [4.78, 5) is 35.7. The molecule has 1 aromatic rings. The van der Waals surface area contributed by atoms with Gasteiger partial charge >= 0.3 is 12.0 Å². The van der Waals surface area contributed by atoms with Crippen LogP contribution in [0.1, 0.15) is 25.3 Å². The van der Waals surface area contributed by atoms with E-state index >= 15 is 0 Å². The quantitative estimate of drug-likeness (QED) is 0.623. The van der Waals surface area contributed by atoms with E-state index in [-0.39, 0.29) is 25.4 Å². The molecule has 0 aliphatic rings. The molecule has 134 valence electrons. The second-order valence-electron chi connectivity index (χ2n) is 5.14. The molecule has 24 heavy (non-hydrogen) atoms. The van der Waals surface area contributed by atoms with Gasteiger partial charge in [0.15, 0.2) is 0 Å². The Bertz CT molecular complexity index is 525. The lowest BCUT2D eigenvalue weighted by molar-refractivity contribution is -0.138. The first-order valence-corrected chi connectivity index (χ1v) is 7.57. The third kappa shape index (κ3) is 9.81. The maximum absolute atomic E-state index is 11.7. The number of amides is 3. The summed E-state index contributed by atoms with van der Waals surface area (Å²) < 4.78 is 0. The molecule has 0 saturated carbocycles. The minimum absolute atomic E-state index is 0. The highest BCUT2D eigenvalue weighted by atomic mass is 35.5. The number of carbonyl (C=O) groups is 3. The Balaban J connectivity index is 0.00000529. The van der Waals surface area contributed by atoms with Crippen molar-refractivity contribution in [1.82, 2.24) is 15.5 Å². The number of benzene rings is 1. The van der Waals surface area contributed by atoms with Gasteiger partial charge in [-0.25, -0.2) is 4.79 Å². The number of carboxylic acid groups (broad SMARTS) is 1. The van der Waals surface area contributed by atoms with Crippen molar-refractivity contribution in [2.75, 3.05) is 19.6 Å². The molecule has 0 radical (unpaired) electrons. The van der Waals surface area contributed by atoms with Gasteiger partial charge in [0, 0.05) is 19.5 Å². The maximum atomic E-state index is 11.7. The SMILES string of the molecule is CCCN(CCC(=O)NC(=O)NCc1ccccc1)CC(=O)O.Cl. The number of carboxylic acids is 1. The second-order valence-corrected chi connectivity index (χ2v) is 5.14. The molecular formula is C16H24ClN3O4. The molecule has 0 unspecified atom stereocenters. The number of hydrogen-bond donors (Lipinski definition) is 3. The topological polar surface area (TPSA) is 98.7 Å². The highest BCUT2D eigenvalue weighted by Gasteiger charge is 2.12. The molecule has 8 heteroatoms. The summed E-state index contributed by atoms with van der Waals surface area (Å²) in [5.74, 6) is -1.36. The molecule has 0 atom stereocenters. The highest BCUT2D eigenvalue weighted by molar-refractivity contribution is 5.94. The van der Waals surface area contributed by atoms with Gasteiger partial charge in [0.1, 0.15) is 0 Å². The van der Waals surface area contributed by atoms with Gasteiger partial charge in [-0.3, -0.25) is 19.8 Å². The van der Waals surface area contributed by atoms with Crippen molar-refractivity contribution >= 4 is 30.3 Å². The monoisotopic (exact) mass is 357 g/mol. The van der Waals surface area contributed by atoms with Crippen molar-refractivity contribution in [2.24, 2.45) is 0 Å². The number of nitrogens with zero attached hydrogens (tertiary/aromatic N) is 1. The van der Waals surface area contributed by atoms with Gasteiger partial charge in [-0.1, -0.05) is 37.3 Å². The normalized spacial score (nSPS) is 9.92. The first kappa shape index (κ1) is 21.9. The van der Waals surface area contributed by atoms with Crippen molar-refractivity contribution in [3.05, 3.63) is 35.9 Å². The van der Waals surface area contributed by atoms with Crippen LogP contribution in [0.4, 0.5) is 4.79 Å². The predicted octanol–water partition coefficient (Wildman–Crippen LogP) is 1.62. The Hall–Kier alpha value is -2.12. The lowest BCUT2D eigenvalue weighted by atomic mass is 10.2. The summed E-state index contributed by atoms with van der Waals surface area (Å²) >= 11 is 0. The van der Waals surface area contributed by atoms with Gasteiger partial charge in [0.2, 0.25) is 5.91 Å². The van der Waals surface area contributed by atoms with E-state index in [1.807, 2.05) is 37.3 Å². The summed E-state index contributed by atoms with van der Waals surface area (Å²) in [6, 6.07) is 8.80. The highest BCUT2D eigenvalue weighted by Crippen LogP contribution is 1.97. The van der Waals surface area contributed by atoms with Crippen molar-refractivity contribution < 1.29 is 19.5 Å². The van der Waals surface area contributed by atoms with Crippen molar-refractivity contribution in [2.45, 2.75) is 26.3 Å². The molecule has 0 fully saturated rings. The summed E-state index contributed by atoms with van der Waals surface area (Å²) in [5, 5.41) is 13.6. The average Bonchev–Trinajstić information content (AvgIpc) is 2.51. The zero-order valence-electron chi connectivity index (χ0n) is 13.7. The third-order valence-electron chi connectivity index (χ3n) is 3.10. The van der Waals surface area contributed by atoms with Crippen LogP contribution in [-0.2, 0) is 16.1 Å². The number of nitrogens with one attached hydrogen (secondary N) is 2. The Morgan fingerprint density at radius 1 is 1.12 bits per heavy atom. The number of halogens is 1. The standard InChI is InChI=1S/C16H23N3O4.ClH/c1-2-9-19(12-15(21)22)10-8-14(20)18-16(23)17-11-13-6-4-3-5-7-13;/h3-7H,2,8-12H2,1H3,(H,21,22)(H2,17,18,20,23);1H. The van der Waals surface area contributed by atoms with Gasteiger partial charge in [0.25, 0.3) is 0 Å². The first-order valence-electron chi connectivity index (χ1n) is 7.57. The van der Waals surface area contributed by atoms with Crippen LogP contribution in [0.5, 0.6) is 0 Å². The summed E-state index contributed by atoms with van der Waals surface area (Å²) in [7, 11) is 0. The zero-order chi connectivity index (χ0) is 17.1. The van der Waals surface area contributed by atoms with E-state index in [0.29, 0.717) is 19.6 Å². The van der Waals surface area contributed by atoms with E-state index in [4.69, 9.17) is 5.11 Å². The van der Waals surface area contributed by atoms with Crippen LogP contribution < -0.4 is 10.6 Å². The molecule has 0 heterocycles. The van der Waals surface area contributed by atoms with Crippen LogP contribution in [0.15, 0.2) is 30.3 Å². The van der Waals surface area contributed by atoms with Crippen molar-refractivity contribution in [1.29, 1.82) is 0 Å². The van der Waals surface area contributed by atoms with E-state index in [1.54, 1.807) is 4.90 Å². The van der Waals surface area contributed by atoms with Gasteiger partial charge in [0.05, 0.1) is 6.54 Å².